The second kappa shape index (κ2) is 40.5. The largest absolute Gasteiger partial charge is 0.488 e. The molecule has 0 heterocycles. The number of rotatable bonds is 30. The van der Waals surface area contributed by atoms with E-state index in [-0.39, 0.29) is 52.9 Å². The van der Waals surface area contributed by atoms with E-state index in [4.69, 9.17) is 37.9 Å². The van der Waals surface area contributed by atoms with Crippen molar-refractivity contribution in [3.8, 4) is 46.0 Å². The molecule has 0 radical (unpaired) electrons. The van der Waals surface area contributed by atoms with Crippen LogP contribution in [0.15, 0.2) is 178 Å². The Hall–Kier alpha value is 0.640. The third-order valence-electron chi connectivity index (χ3n) is 15.1. The highest BCUT2D eigenvalue weighted by Crippen LogP contribution is 2.48. The summed E-state index contributed by atoms with van der Waals surface area (Å²) >= 11 is 64.4. The predicted octanol–water partition coefficient (Wildman–Crippen LogP) is 26.1. The number of benzene rings is 8. The van der Waals surface area contributed by atoms with Gasteiger partial charge in [-0.25, -0.2) is 0 Å². The zero-order valence-corrected chi connectivity index (χ0v) is 82.0. The third kappa shape index (κ3) is 24.3. The summed E-state index contributed by atoms with van der Waals surface area (Å²) in [5.74, 6) is 4.75. The smallest absolute Gasteiger partial charge is 0.147 e. The van der Waals surface area contributed by atoms with Crippen LogP contribution < -0.4 is 37.9 Å². The maximum atomic E-state index is 10.7. The van der Waals surface area contributed by atoms with Crippen LogP contribution in [0.25, 0.3) is 0 Å². The first-order chi connectivity index (χ1) is 47.0. The Kier molecular flexibility index (Phi) is 35.6. The lowest BCUT2D eigenvalue weighted by Gasteiger charge is -2.28. The van der Waals surface area contributed by atoms with Crippen LogP contribution in [0.4, 0.5) is 0 Å². The zero-order valence-electron chi connectivity index (χ0n) is 53.5. The van der Waals surface area contributed by atoms with Gasteiger partial charge in [0, 0.05) is 19.8 Å². The van der Waals surface area contributed by atoms with Crippen LogP contribution in [-0.4, -0.2) is 97.7 Å². The Morgan fingerprint density at radius 1 is 0.240 bits per heavy atom. The molecule has 8 rings (SSSR count). The first-order valence-corrected chi connectivity index (χ1v) is 44.3. The average molecular weight is 2530 g/mol. The predicted molar refractivity (Wildman–Crippen MR) is 461 cm³/mol. The van der Waals surface area contributed by atoms with E-state index in [0.29, 0.717) is 46.0 Å². The van der Waals surface area contributed by atoms with Crippen molar-refractivity contribution in [1.82, 2.24) is 0 Å². The lowest BCUT2D eigenvalue weighted by Crippen LogP contribution is -2.26. The SMILES string of the molecule is CC(C)(c1cc(Br)c(OCC(O)COc2c(Br)cc(Br)cc2Br)c(Br)c1)c1cc(Br)c(OCC(O)COc2c(Br)cc(Br)cc2Br)c(Br)c1.CCc1cc(Br)c(OCC(O)COc2c(Br)cc(C(C)(C)c3cc(Br)c(OCC(O)COc4c(Br)cc(CC)cc4Br)c(Br)c3)cc2Br)c(Br)c1. The summed E-state index contributed by atoms with van der Waals surface area (Å²) in [6.07, 6.45) is -1.68. The normalized spacial score (nSPS) is 12.8. The topological polar surface area (TPSA) is 155 Å². The van der Waals surface area contributed by atoms with E-state index in [1.165, 1.54) is 11.1 Å². The third-order valence-corrected chi connectivity index (χ3v) is 25.4. The number of aliphatic hydroxyl groups is 4. The second-order valence-electron chi connectivity index (χ2n) is 23.3. The molecule has 0 bridgehead atoms. The number of hydrogen-bond acceptors (Lipinski definition) is 12. The summed E-state index contributed by atoms with van der Waals surface area (Å²) in [5.41, 5.74) is 5.53. The quantitative estimate of drug-likeness (QED) is 0.0339. The van der Waals surface area contributed by atoms with Crippen LogP contribution >= 0.6 is 287 Å². The molecule has 0 spiro atoms. The molecule has 0 aliphatic carbocycles. The van der Waals surface area contributed by atoms with E-state index >= 15 is 0 Å². The lowest BCUT2D eigenvalue weighted by molar-refractivity contribution is 0.0615. The molecule has 0 saturated carbocycles. The Bertz CT molecular complexity index is 3750. The summed E-state index contributed by atoms with van der Waals surface area (Å²) in [4.78, 5) is 0. The van der Waals surface area contributed by atoms with Gasteiger partial charge < -0.3 is 58.3 Å². The molecule has 0 amide bonds. The van der Waals surface area contributed by atoms with Gasteiger partial charge in [0.1, 0.15) is 123 Å². The molecule has 0 aliphatic heterocycles. The van der Waals surface area contributed by atoms with E-state index in [9.17, 15) is 20.4 Å². The van der Waals surface area contributed by atoms with Gasteiger partial charge in [-0.3, -0.25) is 0 Å². The summed E-state index contributed by atoms with van der Waals surface area (Å²) in [6, 6.07) is 31.6. The number of halogens is 18. The molecule has 12 nitrogen and oxygen atoms in total. The average Bonchev–Trinajstić information content (AvgIpc) is 0.778. The van der Waals surface area contributed by atoms with Crippen molar-refractivity contribution in [2.45, 2.75) is 89.6 Å². The van der Waals surface area contributed by atoms with E-state index in [2.05, 4.69) is 328 Å². The molecule has 100 heavy (non-hydrogen) atoms. The fourth-order valence-corrected chi connectivity index (χ4v) is 23.1. The van der Waals surface area contributed by atoms with Crippen LogP contribution in [0.3, 0.4) is 0 Å². The van der Waals surface area contributed by atoms with E-state index < -0.39 is 35.2 Å². The van der Waals surface area contributed by atoms with Crippen molar-refractivity contribution < 1.29 is 58.3 Å². The molecule has 8 aromatic carbocycles. The number of hydrogen-bond donors (Lipinski definition) is 4. The molecule has 4 atom stereocenters. The standard InChI is InChI=1S/C37H36Br8O6.C33H26Br10O6/c1-5-19-7-25(38)33(26(39)8-19)48-15-23(46)17-50-35-29(42)11-21(12-30(35)43)37(3,4)22-13-31(44)36(32(45)14-22)51-18-24(47)16-49-34-27(40)9-20(6-2)10-28(34)41;1-33(2,15-3-21(36)29(22(37)4-15)46-11-19(44)13-48-31-25(40)7-17(34)8-26(31)41)16-5-23(38)30(24(39)6-16)47-12-20(45)14-49-32-27(42)9-18(35)10-28(32)43/h7-14,23-24,46-47H,5-6,15-18H2,1-4H3;3-10,19-20,44-45H,11-14H2,1-2H3. The van der Waals surface area contributed by atoms with Crippen LogP contribution in [0, 0.1) is 0 Å². The van der Waals surface area contributed by atoms with Crippen molar-refractivity contribution in [3.05, 3.63) is 211 Å². The van der Waals surface area contributed by atoms with Crippen LogP contribution in [0.5, 0.6) is 46.0 Å². The summed E-state index contributed by atoms with van der Waals surface area (Å²) in [5, 5.41) is 42.5. The van der Waals surface area contributed by atoms with Gasteiger partial charge >= 0.3 is 0 Å². The maximum absolute atomic E-state index is 10.7. The van der Waals surface area contributed by atoms with Gasteiger partial charge in [0.2, 0.25) is 0 Å². The Morgan fingerprint density at radius 3 is 0.510 bits per heavy atom. The van der Waals surface area contributed by atoms with E-state index in [0.717, 1.165) is 116 Å². The van der Waals surface area contributed by atoms with Crippen LogP contribution in [0.2, 0.25) is 0 Å². The van der Waals surface area contributed by atoms with Gasteiger partial charge in [-0.05, 0) is 398 Å². The van der Waals surface area contributed by atoms with Crippen molar-refractivity contribution in [2.75, 3.05) is 52.9 Å². The molecule has 4 unspecified atom stereocenters. The minimum atomic E-state index is -0.878. The Labute approximate surface area is 734 Å². The van der Waals surface area contributed by atoms with E-state index in [1.54, 1.807) is 0 Å². The fraction of sp³-hybridized carbons (Fsp3) is 0.314. The molecule has 0 aliphatic rings. The first kappa shape index (κ1) is 87.9. The summed E-state index contributed by atoms with van der Waals surface area (Å²) < 4.78 is 61.5. The lowest BCUT2D eigenvalue weighted by atomic mass is 9.78. The van der Waals surface area contributed by atoms with Gasteiger partial charge in [-0.15, -0.1) is 0 Å². The molecule has 0 fully saturated rings. The van der Waals surface area contributed by atoms with Gasteiger partial charge in [-0.1, -0.05) is 73.4 Å². The number of aliphatic hydroxyl groups excluding tert-OH is 4. The Morgan fingerprint density at radius 2 is 0.370 bits per heavy atom. The molecule has 0 saturated heterocycles. The van der Waals surface area contributed by atoms with Gasteiger partial charge in [0.25, 0.3) is 0 Å². The minimum absolute atomic E-state index is 0.0210. The van der Waals surface area contributed by atoms with Crippen LogP contribution in [-0.2, 0) is 23.7 Å². The molecule has 540 valence electrons. The minimum Gasteiger partial charge on any atom is -0.488 e. The molecular formula is C70H62Br18O12. The highest BCUT2D eigenvalue weighted by atomic mass is 79.9. The highest BCUT2D eigenvalue weighted by Gasteiger charge is 2.31. The fourth-order valence-electron chi connectivity index (χ4n) is 9.44. The van der Waals surface area contributed by atoms with Crippen molar-refractivity contribution in [3.63, 3.8) is 0 Å². The second-order valence-corrected chi connectivity index (χ2v) is 38.8. The molecular weight excluding hydrogens is 2470 g/mol. The maximum Gasteiger partial charge on any atom is 0.147 e. The number of ether oxygens (including phenoxy) is 8. The monoisotopic (exact) mass is 2510 g/mol. The zero-order chi connectivity index (χ0) is 73.8. The Balaban J connectivity index is 0.000000281. The summed E-state index contributed by atoms with van der Waals surface area (Å²) in [6.45, 7) is 13.0. The van der Waals surface area contributed by atoms with E-state index in [1.807, 2.05) is 97.1 Å². The van der Waals surface area contributed by atoms with Crippen molar-refractivity contribution in [2.24, 2.45) is 0 Å². The number of aryl methyl sites for hydroxylation is 2. The summed E-state index contributed by atoms with van der Waals surface area (Å²) in [7, 11) is 0. The molecule has 8 aromatic rings. The van der Waals surface area contributed by atoms with Crippen molar-refractivity contribution >= 4 is 287 Å². The molecule has 4 N–H and O–H groups in total. The van der Waals surface area contributed by atoms with Gasteiger partial charge in [-0.2, -0.15) is 0 Å². The highest BCUT2D eigenvalue weighted by molar-refractivity contribution is 9.13. The molecule has 0 aromatic heterocycles. The van der Waals surface area contributed by atoms with Gasteiger partial charge in [0.15, 0.2) is 0 Å². The van der Waals surface area contributed by atoms with Crippen LogP contribution in [0.1, 0.15) is 74.9 Å². The molecule has 30 heteroatoms. The van der Waals surface area contributed by atoms with Crippen molar-refractivity contribution in [1.29, 1.82) is 0 Å². The first-order valence-electron chi connectivity index (χ1n) is 30.0. The van der Waals surface area contributed by atoms with Gasteiger partial charge in [0.05, 0.1) is 71.6 Å².